The average Bonchev–Trinajstić information content (AvgIpc) is 2.18. The molecule has 1 aliphatic carbocycles. The zero-order valence-electron chi connectivity index (χ0n) is 8.77. The normalized spacial score (nSPS) is 21.0. The molecule has 1 rings (SSSR count). The number of nitrogens with one attached hydrogen (secondary N) is 1. The highest BCUT2D eigenvalue weighted by Gasteiger charge is 2.14. The van der Waals surface area contributed by atoms with Crippen molar-refractivity contribution in [2.24, 2.45) is 5.92 Å². The van der Waals surface area contributed by atoms with Crippen molar-refractivity contribution in [3.63, 3.8) is 0 Å². The first-order valence-corrected chi connectivity index (χ1v) is 4.91. The number of hydrogen-bond donors (Lipinski definition) is 1. The molecule has 0 aromatic rings. The van der Waals surface area contributed by atoms with E-state index in [4.69, 9.17) is 6.42 Å². The quantitative estimate of drug-likeness (QED) is 0.670. The molecule has 0 spiro atoms. The highest BCUT2D eigenvalue weighted by atomic mass is 14.9. The number of allylic oxidation sites excluding steroid dienone is 2. The smallest absolute Gasteiger partial charge is 0.0763 e. The third-order valence-electron chi connectivity index (χ3n) is 2.46. The molecule has 1 heteroatoms. The second-order valence-electron chi connectivity index (χ2n) is 3.74. The predicted molar refractivity (Wildman–Crippen MR) is 61.6 cm³/mol. The van der Waals surface area contributed by atoms with Crippen LogP contribution in [0.3, 0.4) is 0 Å². The Kier molecular flexibility index (Phi) is 3.59. The molecule has 1 unspecified atom stereocenters. The zero-order chi connectivity index (χ0) is 10.6. The number of terminal acetylenes is 1. The first-order chi connectivity index (χ1) is 6.65. The maximum atomic E-state index is 5.17. The Morgan fingerprint density at radius 2 is 2.50 bits per heavy atom. The minimum absolute atomic E-state index is 0.526. The summed E-state index contributed by atoms with van der Waals surface area (Å²) in [4.78, 5) is 0. The molecule has 0 aromatic heterocycles. The minimum atomic E-state index is 0.526. The Hall–Kier alpha value is -1.42. The maximum absolute atomic E-state index is 5.17. The van der Waals surface area contributed by atoms with Crippen molar-refractivity contribution in [1.29, 1.82) is 0 Å². The van der Waals surface area contributed by atoms with Crippen LogP contribution in [0.15, 0.2) is 36.1 Å². The van der Waals surface area contributed by atoms with Crippen molar-refractivity contribution >= 4 is 0 Å². The Morgan fingerprint density at radius 3 is 3.14 bits per heavy atom. The van der Waals surface area contributed by atoms with Gasteiger partial charge in [0.15, 0.2) is 0 Å². The van der Waals surface area contributed by atoms with Crippen LogP contribution in [0.25, 0.3) is 0 Å². The first kappa shape index (κ1) is 10.7. The number of hydrogen-bond acceptors (Lipinski definition) is 1. The Morgan fingerprint density at radius 1 is 1.79 bits per heavy atom. The summed E-state index contributed by atoms with van der Waals surface area (Å²) in [5.41, 5.74) is 3.22. The lowest BCUT2D eigenvalue weighted by Crippen LogP contribution is -2.17. The standard InChI is InChI=1S/C13H17N/c1-5-8-14-12(4)13-9-10(2)6-7-11(13)3/h1,9-10,14H,3-4,6-8H2,2H3. The van der Waals surface area contributed by atoms with Crippen molar-refractivity contribution in [2.45, 2.75) is 19.8 Å². The van der Waals surface area contributed by atoms with E-state index in [1.165, 1.54) is 6.42 Å². The van der Waals surface area contributed by atoms with Gasteiger partial charge >= 0.3 is 0 Å². The monoisotopic (exact) mass is 187 g/mol. The average molecular weight is 187 g/mol. The van der Waals surface area contributed by atoms with E-state index in [0.717, 1.165) is 23.3 Å². The van der Waals surface area contributed by atoms with Crippen LogP contribution in [0.2, 0.25) is 0 Å². The lowest BCUT2D eigenvalue weighted by Gasteiger charge is -2.22. The Bertz CT molecular complexity index is 315. The van der Waals surface area contributed by atoms with E-state index in [2.05, 4.69) is 37.4 Å². The zero-order valence-corrected chi connectivity index (χ0v) is 8.77. The second-order valence-corrected chi connectivity index (χ2v) is 3.74. The molecule has 0 radical (unpaired) electrons. The SMILES string of the molecule is C#CCNC(=C)C1=CC(C)CCC1=C. The van der Waals surface area contributed by atoms with E-state index in [1.807, 2.05) is 0 Å². The molecule has 0 heterocycles. The Labute approximate surface area is 86.6 Å². The van der Waals surface area contributed by atoms with Gasteiger partial charge in [0, 0.05) is 5.70 Å². The molecule has 0 fully saturated rings. The summed E-state index contributed by atoms with van der Waals surface area (Å²) in [6.07, 6.45) is 9.64. The summed E-state index contributed by atoms with van der Waals surface area (Å²) in [5, 5.41) is 3.09. The van der Waals surface area contributed by atoms with Crippen molar-refractivity contribution < 1.29 is 0 Å². The van der Waals surface area contributed by atoms with Gasteiger partial charge in [-0.25, -0.2) is 0 Å². The van der Waals surface area contributed by atoms with Gasteiger partial charge in [-0.05, 0) is 29.9 Å². The maximum Gasteiger partial charge on any atom is 0.0763 e. The molecule has 1 aliphatic rings. The van der Waals surface area contributed by atoms with Gasteiger partial charge in [0.1, 0.15) is 0 Å². The van der Waals surface area contributed by atoms with Crippen LogP contribution in [0.5, 0.6) is 0 Å². The van der Waals surface area contributed by atoms with Crippen LogP contribution < -0.4 is 5.32 Å². The fourth-order valence-corrected chi connectivity index (χ4v) is 1.59. The first-order valence-electron chi connectivity index (χ1n) is 4.91. The number of rotatable bonds is 3. The van der Waals surface area contributed by atoms with Gasteiger partial charge in [0.05, 0.1) is 6.54 Å². The molecule has 0 saturated carbocycles. The minimum Gasteiger partial charge on any atom is -0.374 e. The fraction of sp³-hybridized carbons (Fsp3) is 0.385. The third kappa shape index (κ3) is 2.53. The van der Waals surface area contributed by atoms with Crippen LogP contribution in [-0.4, -0.2) is 6.54 Å². The molecular weight excluding hydrogens is 170 g/mol. The van der Waals surface area contributed by atoms with Crippen molar-refractivity contribution in [2.75, 3.05) is 6.54 Å². The van der Waals surface area contributed by atoms with Crippen LogP contribution >= 0.6 is 0 Å². The van der Waals surface area contributed by atoms with Gasteiger partial charge in [-0.1, -0.05) is 32.1 Å². The Balaban J connectivity index is 2.70. The molecule has 0 saturated heterocycles. The van der Waals surface area contributed by atoms with Crippen LogP contribution in [0.1, 0.15) is 19.8 Å². The summed E-state index contributed by atoms with van der Waals surface area (Å²) in [6, 6.07) is 0. The van der Waals surface area contributed by atoms with Gasteiger partial charge in [-0.15, -0.1) is 6.42 Å². The lowest BCUT2D eigenvalue weighted by molar-refractivity contribution is 0.621. The van der Waals surface area contributed by atoms with Crippen LogP contribution in [0.4, 0.5) is 0 Å². The molecule has 0 amide bonds. The van der Waals surface area contributed by atoms with Gasteiger partial charge in [-0.2, -0.15) is 0 Å². The highest BCUT2D eigenvalue weighted by molar-refractivity contribution is 5.45. The molecule has 1 atom stereocenters. The predicted octanol–water partition coefficient (Wildman–Crippen LogP) is 2.64. The molecular formula is C13H17N. The summed E-state index contributed by atoms with van der Waals surface area (Å²) in [7, 11) is 0. The molecule has 14 heavy (non-hydrogen) atoms. The fourth-order valence-electron chi connectivity index (χ4n) is 1.59. The van der Waals surface area contributed by atoms with Crippen molar-refractivity contribution in [3.05, 3.63) is 36.1 Å². The highest BCUT2D eigenvalue weighted by Crippen LogP contribution is 2.29. The molecule has 74 valence electrons. The van der Waals surface area contributed by atoms with Gasteiger partial charge < -0.3 is 5.32 Å². The van der Waals surface area contributed by atoms with E-state index in [0.29, 0.717) is 12.5 Å². The summed E-state index contributed by atoms with van der Waals surface area (Å²) in [5.74, 6) is 3.15. The van der Waals surface area contributed by atoms with E-state index in [9.17, 15) is 0 Å². The van der Waals surface area contributed by atoms with E-state index < -0.39 is 0 Å². The van der Waals surface area contributed by atoms with Crippen LogP contribution in [-0.2, 0) is 0 Å². The lowest BCUT2D eigenvalue weighted by atomic mass is 9.87. The van der Waals surface area contributed by atoms with Gasteiger partial charge in [0.2, 0.25) is 0 Å². The summed E-state index contributed by atoms with van der Waals surface area (Å²) in [6.45, 7) is 10.7. The van der Waals surface area contributed by atoms with Crippen LogP contribution in [0, 0.1) is 18.3 Å². The summed E-state index contributed by atoms with van der Waals surface area (Å²) < 4.78 is 0. The molecule has 0 aliphatic heterocycles. The summed E-state index contributed by atoms with van der Waals surface area (Å²) >= 11 is 0. The molecule has 0 bridgehead atoms. The molecule has 0 aromatic carbocycles. The molecule has 1 N–H and O–H groups in total. The van der Waals surface area contributed by atoms with Crippen molar-refractivity contribution in [1.82, 2.24) is 5.32 Å². The largest absolute Gasteiger partial charge is 0.374 e. The van der Waals surface area contributed by atoms with Gasteiger partial charge in [0.25, 0.3) is 0 Å². The van der Waals surface area contributed by atoms with E-state index in [-0.39, 0.29) is 0 Å². The van der Waals surface area contributed by atoms with E-state index in [1.54, 1.807) is 0 Å². The molecule has 1 nitrogen and oxygen atoms in total. The second kappa shape index (κ2) is 4.72. The van der Waals surface area contributed by atoms with Crippen molar-refractivity contribution in [3.8, 4) is 12.3 Å². The third-order valence-corrected chi connectivity index (χ3v) is 2.46. The van der Waals surface area contributed by atoms with Gasteiger partial charge in [-0.3, -0.25) is 0 Å². The topological polar surface area (TPSA) is 12.0 Å². The van der Waals surface area contributed by atoms with E-state index >= 15 is 0 Å².